The molecule has 3 nitrogen and oxygen atoms in total. The molecule has 0 fully saturated rings. The van der Waals surface area contributed by atoms with Crippen LogP contribution in [0.4, 0.5) is 17.1 Å². The zero-order chi connectivity index (χ0) is 33.7. The molecule has 0 amide bonds. The number of fused-ring (bicyclic) bond motifs is 7. The molecule has 2 heterocycles. The summed E-state index contributed by atoms with van der Waals surface area (Å²) in [6, 6.07) is 61.0. The number of hydrogen-bond donors (Lipinski definition) is 0. The lowest BCUT2D eigenvalue weighted by Gasteiger charge is -2.26. The van der Waals surface area contributed by atoms with Crippen molar-refractivity contribution < 1.29 is 4.74 Å². The molecule has 242 valence electrons. The molecule has 2 aliphatic rings. The van der Waals surface area contributed by atoms with Crippen molar-refractivity contribution in [3.8, 4) is 33.7 Å². The average molecular weight is 655 g/mol. The maximum atomic E-state index is 6.77. The van der Waals surface area contributed by atoms with Crippen molar-refractivity contribution in [2.45, 2.75) is 12.0 Å². The van der Waals surface area contributed by atoms with Gasteiger partial charge >= 0.3 is 0 Å². The summed E-state index contributed by atoms with van der Waals surface area (Å²) in [7, 11) is 0. The molecule has 10 rings (SSSR count). The normalized spacial score (nSPS) is 15.8. The first-order valence-corrected chi connectivity index (χ1v) is 17.6. The molecule has 2 unspecified atom stereocenters. The number of para-hydroxylation sites is 2. The second-order valence-corrected chi connectivity index (χ2v) is 13.3. The van der Waals surface area contributed by atoms with Gasteiger partial charge in [0.1, 0.15) is 11.9 Å². The highest BCUT2D eigenvalue weighted by atomic mass is 16.5. The zero-order valence-electron chi connectivity index (χ0n) is 27.9. The van der Waals surface area contributed by atoms with Crippen molar-refractivity contribution in [2.24, 2.45) is 0 Å². The molecule has 0 saturated heterocycles. The maximum absolute atomic E-state index is 6.77. The highest BCUT2D eigenvalue weighted by Gasteiger charge is 2.35. The molecule has 0 radical (unpaired) electrons. The van der Waals surface area contributed by atoms with Crippen LogP contribution in [0.1, 0.15) is 11.5 Å². The van der Waals surface area contributed by atoms with Gasteiger partial charge in [-0.1, -0.05) is 127 Å². The van der Waals surface area contributed by atoms with E-state index in [-0.39, 0.29) is 12.0 Å². The summed E-state index contributed by atoms with van der Waals surface area (Å²) in [5.74, 6) is 1.21. The van der Waals surface area contributed by atoms with E-state index in [1.165, 1.54) is 33.2 Å². The lowest BCUT2D eigenvalue weighted by Crippen LogP contribution is -2.15. The van der Waals surface area contributed by atoms with E-state index in [9.17, 15) is 0 Å². The van der Waals surface area contributed by atoms with Gasteiger partial charge < -0.3 is 14.2 Å². The van der Waals surface area contributed by atoms with E-state index < -0.39 is 0 Å². The number of benzene rings is 7. The van der Waals surface area contributed by atoms with Crippen molar-refractivity contribution in [1.82, 2.24) is 4.57 Å². The molecule has 1 aromatic heterocycles. The molecule has 0 N–H and O–H groups in total. The van der Waals surface area contributed by atoms with Crippen molar-refractivity contribution in [3.05, 3.63) is 200 Å². The number of hydrogen-bond acceptors (Lipinski definition) is 2. The van der Waals surface area contributed by atoms with Crippen LogP contribution < -0.4 is 9.64 Å². The first-order valence-electron chi connectivity index (χ1n) is 17.6. The molecule has 0 bridgehead atoms. The SMILES string of the molecule is C1=CC2Oc3c(ccc4c3c3cc(N(c5ccccc5)c5ccc(-c6ccc(-c7ccccc7)cc6)cc5)ccc3n4-c3ccccc3)C2C=C1. The van der Waals surface area contributed by atoms with Crippen LogP contribution in [0.3, 0.4) is 0 Å². The number of anilines is 3. The van der Waals surface area contributed by atoms with E-state index in [1.54, 1.807) is 0 Å². The molecule has 7 aromatic carbocycles. The minimum Gasteiger partial charge on any atom is -0.484 e. The first kappa shape index (κ1) is 29.3. The summed E-state index contributed by atoms with van der Waals surface area (Å²) in [5, 5.41) is 2.33. The van der Waals surface area contributed by atoms with Gasteiger partial charge in [0.15, 0.2) is 0 Å². The van der Waals surface area contributed by atoms with Gasteiger partial charge in [-0.05, 0) is 89.0 Å². The smallest absolute Gasteiger partial charge is 0.134 e. The summed E-state index contributed by atoms with van der Waals surface area (Å²) in [6.07, 6.45) is 8.69. The number of allylic oxidation sites excluding steroid dienone is 2. The summed E-state index contributed by atoms with van der Waals surface area (Å²) in [6.45, 7) is 0. The molecule has 0 spiro atoms. The highest BCUT2D eigenvalue weighted by molar-refractivity contribution is 6.14. The van der Waals surface area contributed by atoms with Gasteiger partial charge in [-0.15, -0.1) is 0 Å². The van der Waals surface area contributed by atoms with Gasteiger partial charge in [0.2, 0.25) is 0 Å². The van der Waals surface area contributed by atoms with E-state index in [1.807, 2.05) is 0 Å². The minimum atomic E-state index is 0.0165. The van der Waals surface area contributed by atoms with Gasteiger partial charge in [-0.25, -0.2) is 0 Å². The van der Waals surface area contributed by atoms with Crippen LogP contribution in [0, 0.1) is 0 Å². The van der Waals surface area contributed by atoms with Crippen LogP contribution in [0.2, 0.25) is 0 Å². The molecule has 1 aliphatic carbocycles. The predicted molar refractivity (Wildman–Crippen MR) is 212 cm³/mol. The molecular formula is C48H34N2O. The topological polar surface area (TPSA) is 17.4 Å². The van der Waals surface area contributed by atoms with Crippen LogP contribution >= 0.6 is 0 Å². The quantitative estimate of drug-likeness (QED) is 0.178. The average Bonchev–Trinajstić information content (AvgIpc) is 3.75. The monoisotopic (exact) mass is 654 g/mol. The fourth-order valence-corrected chi connectivity index (χ4v) is 7.90. The van der Waals surface area contributed by atoms with E-state index >= 15 is 0 Å². The molecule has 1 aliphatic heterocycles. The lowest BCUT2D eigenvalue weighted by atomic mass is 9.91. The van der Waals surface area contributed by atoms with Crippen molar-refractivity contribution in [2.75, 3.05) is 4.90 Å². The van der Waals surface area contributed by atoms with Crippen LogP contribution in [-0.4, -0.2) is 10.7 Å². The maximum Gasteiger partial charge on any atom is 0.134 e. The van der Waals surface area contributed by atoms with E-state index in [0.717, 1.165) is 44.9 Å². The Bertz CT molecular complexity index is 2580. The van der Waals surface area contributed by atoms with Crippen LogP contribution in [0.25, 0.3) is 49.7 Å². The number of ether oxygens (including phenoxy) is 1. The van der Waals surface area contributed by atoms with E-state index in [0.29, 0.717) is 0 Å². The molecule has 0 saturated carbocycles. The zero-order valence-corrected chi connectivity index (χ0v) is 27.9. The van der Waals surface area contributed by atoms with Gasteiger partial charge in [-0.2, -0.15) is 0 Å². The Labute approximate surface area is 297 Å². The Morgan fingerprint density at radius 1 is 0.471 bits per heavy atom. The number of aromatic nitrogens is 1. The highest BCUT2D eigenvalue weighted by Crippen LogP contribution is 2.49. The van der Waals surface area contributed by atoms with Gasteiger partial charge in [-0.3, -0.25) is 0 Å². The molecule has 8 aromatic rings. The summed E-state index contributed by atoms with van der Waals surface area (Å²) < 4.78 is 9.15. The van der Waals surface area contributed by atoms with E-state index in [2.05, 4.69) is 204 Å². The van der Waals surface area contributed by atoms with Crippen molar-refractivity contribution in [3.63, 3.8) is 0 Å². The Balaban J connectivity index is 1.11. The van der Waals surface area contributed by atoms with Crippen LogP contribution in [0.5, 0.6) is 5.75 Å². The largest absolute Gasteiger partial charge is 0.484 e. The third kappa shape index (κ3) is 4.97. The molecule has 3 heteroatoms. The van der Waals surface area contributed by atoms with Crippen LogP contribution in [0.15, 0.2) is 194 Å². The van der Waals surface area contributed by atoms with Crippen molar-refractivity contribution >= 4 is 38.9 Å². The van der Waals surface area contributed by atoms with Gasteiger partial charge in [0, 0.05) is 39.6 Å². The number of nitrogens with zero attached hydrogens (tertiary/aromatic N) is 2. The number of rotatable bonds is 6. The third-order valence-corrected chi connectivity index (χ3v) is 10.3. The summed E-state index contributed by atoms with van der Waals surface area (Å²) >= 11 is 0. The fraction of sp³-hybridized carbons (Fsp3) is 0.0417. The van der Waals surface area contributed by atoms with E-state index in [4.69, 9.17) is 4.74 Å². The summed E-state index contributed by atoms with van der Waals surface area (Å²) in [4.78, 5) is 2.35. The molecule has 2 atom stereocenters. The van der Waals surface area contributed by atoms with Gasteiger partial charge in [0.25, 0.3) is 0 Å². The van der Waals surface area contributed by atoms with Gasteiger partial charge in [0.05, 0.1) is 16.4 Å². The summed E-state index contributed by atoms with van der Waals surface area (Å²) in [5.41, 5.74) is 12.8. The Kier molecular flexibility index (Phi) is 6.95. The Morgan fingerprint density at radius 2 is 1.02 bits per heavy atom. The lowest BCUT2D eigenvalue weighted by molar-refractivity contribution is 0.271. The standard InChI is InChI=1S/C48H34N2O/c1-4-12-33(13-5-1)34-20-22-35(23-21-34)36-24-26-39(27-25-36)49(37-14-6-2-7-15-37)40-28-30-44-43(32-40)47-45(50(44)38-16-8-3-9-17-38)31-29-42-41-18-10-11-19-46(41)51-48(42)47/h1-32,41,46H. The first-order chi connectivity index (χ1) is 25.3. The van der Waals surface area contributed by atoms with Crippen LogP contribution in [-0.2, 0) is 0 Å². The van der Waals surface area contributed by atoms with Crippen molar-refractivity contribution in [1.29, 1.82) is 0 Å². The predicted octanol–water partition coefficient (Wildman–Crippen LogP) is 12.6. The molecule has 51 heavy (non-hydrogen) atoms. The third-order valence-electron chi connectivity index (χ3n) is 10.3. The fourth-order valence-electron chi connectivity index (χ4n) is 7.90. The second kappa shape index (κ2) is 12.1. The Morgan fingerprint density at radius 3 is 1.73 bits per heavy atom. The Hall–Kier alpha value is -6.58. The second-order valence-electron chi connectivity index (χ2n) is 13.3. The minimum absolute atomic E-state index is 0.0165. The molecular weight excluding hydrogens is 621 g/mol.